The molecule has 63 heavy (non-hydrogen) atoms. The second-order valence-corrected chi connectivity index (χ2v) is 23.8. The van der Waals surface area contributed by atoms with E-state index in [2.05, 4.69) is 78.5 Å². The largest absolute Gasteiger partial charge is 0.298 e. The molecule has 2 aliphatic heterocycles. The summed E-state index contributed by atoms with van der Waals surface area (Å²) in [6.45, 7) is 2.29. The maximum atomic E-state index is 2.87. The van der Waals surface area contributed by atoms with Crippen LogP contribution in [-0.4, -0.2) is 37.0 Å². The maximum Gasteiger partial charge on any atom is 0.0577 e. The van der Waals surface area contributed by atoms with E-state index in [0.717, 1.165) is 13.0 Å². The topological polar surface area (TPSA) is 6.48 Å². The van der Waals surface area contributed by atoms with Crippen molar-refractivity contribution < 1.29 is 0 Å². The summed E-state index contributed by atoms with van der Waals surface area (Å²) in [6.07, 6.45) is 9.87. The molecule has 9 aliphatic carbocycles. The van der Waals surface area contributed by atoms with Crippen molar-refractivity contribution in [3.8, 4) is 0 Å². The fraction of sp³-hybridized carbons (Fsp3) is 0.311. The quantitative estimate of drug-likeness (QED) is 0.161. The predicted octanol–water partition coefficient (Wildman–Crippen LogP) is 10.2. The van der Waals surface area contributed by atoms with Crippen molar-refractivity contribution in [2.75, 3.05) is 27.2 Å². The van der Waals surface area contributed by atoms with Crippen LogP contribution in [-0.2, 0) is 55.8 Å². The molecule has 7 unspecified atom stereocenters. The van der Waals surface area contributed by atoms with Gasteiger partial charge in [-0.15, -0.1) is 0 Å². The van der Waals surface area contributed by atoms with Crippen LogP contribution in [0.5, 0.6) is 0 Å². The molecule has 2 spiro atoms. The van der Waals surface area contributed by atoms with Gasteiger partial charge in [0.15, 0.2) is 0 Å². The molecular weight excluding hydrogens is 761 g/mol. The minimum atomic E-state index is -0.000214. The van der Waals surface area contributed by atoms with Crippen molar-refractivity contribution >= 4 is 97.3 Å². The molecule has 11 aromatic rings. The molecule has 2 nitrogen and oxygen atoms in total. The highest BCUT2D eigenvalue weighted by Crippen LogP contribution is 2.74. The summed E-state index contributed by atoms with van der Waals surface area (Å²) in [7, 11) is 5.00. The van der Waals surface area contributed by atoms with Crippen LogP contribution in [0, 0.1) is 11.8 Å². The number of nitrogens with zero attached hydrogens (tertiary/aromatic N) is 2. The minimum Gasteiger partial charge on any atom is -0.298 e. The fourth-order valence-corrected chi connectivity index (χ4v) is 20.6. The highest BCUT2D eigenvalue weighted by atomic mass is 15.2. The van der Waals surface area contributed by atoms with Crippen molar-refractivity contribution in [3.63, 3.8) is 0 Å². The zero-order chi connectivity index (χ0) is 39.5. The molecule has 2 heterocycles. The molecule has 22 rings (SSSR count). The smallest absolute Gasteiger partial charge is 0.0577 e. The van der Waals surface area contributed by atoms with Gasteiger partial charge in [-0.25, -0.2) is 0 Å². The van der Waals surface area contributed by atoms with Crippen LogP contribution in [0.2, 0.25) is 0 Å². The van der Waals surface area contributed by atoms with E-state index in [0.29, 0.717) is 29.8 Å². The normalized spacial score (nSPS) is 31.4. The minimum absolute atomic E-state index is 0.000214. The Morgan fingerprint density at radius 3 is 2.00 bits per heavy atom. The lowest BCUT2D eigenvalue weighted by Gasteiger charge is -2.44. The summed E-state index contributed by atoms with van der Waals surface area (Å²) in [4.78, 5) is 5.67. The van der Waals surface area contributed by atoms with E-state index >= 15 is 0 Å². The van der Waals surface area contributed by atoms with Gasteiger partial charge in [0, 0.05) is 41.8 Å². The van der Waals surface area contributed by atoms with Gasteiger partial charge in [-0.1, -0.05) is 60.2 Å². The Hall–Kier alpha value is -5.54. The Bertz CT molecular complexity index is 4470. The lowest BCUT2D eigenvalue weighted by atomic mass is 9.58. The molecule has 0 radical (unpaired) electrons. The first-order chi connectivity index (χ1) is 31.0. The summed E-state index contributed by atoms with van der Waals surface area (Å²) in [6, 6.07) is 24.6. The molecule has 2 fully saturated rings. The third kappa shape index (κ3) is 2.41. The third-order valence-corrected chi connectivity index (χ3v) is 22.0. The van der Waals surface area contributed by atoms with E-state index in [1.807, 2.05) is 16.7 Å². The van der Waals surface area contributed by atoms with Crippen LogP contribution in [0.1, 0.15) is 96.7 Å². The maximum absolute atomic E-state index is 2.87. The van der Waals surface area contributed by atoms with Gasteiger partial charge in [0.2, 0.25) is 0 Å². The summed E-state index contributed by atoms with van der Waals surface area (Å²) < 4.78 is 0. The molecule has 0 N–H and O–H groups in total. The van der Waals surface area contributed by atoms with E-state index in [1.54, 1.807) is 163 Å². The van der Waals surface area contributed by atoms with E-state index in [9.17, 15) is 0 Å². The van der Waals surface area contributed by atoms with Crippen molar-refractivity contribution in [1.82, 2.24) is 9.80 Å². The van der Waals surface area contributed by atoms with Gasteiger partial charge in [0.05, 0.1) is 6.04 Å². The van der Waals surface area contributed by atoms with Gasteiger partial charge >= 0.3 is 0 Å². The number of hydrogen-bond donors (Lipinski definition) is 0. The van der Waals surface area contributed by atoms with E-state index < -0.39 is 0 Å². The van der Waals surface area contributed by atoms with Crippen molar-refractivity contribution in [2.24, 2.45) is 11.8 Å². The van der Waals surface area contributed by atoms with E-state index in [4.69, 9.17) is 0 Å². The average molecular weight is 801 g/mol. The molecule has 0 bridgehead atoms. The van der Waals surface area contributed by atoms with Crippen LogP contribution in [0.4, 0.5) is 0 Å². The Balaban J connectivity index is 1.02. The Morgan fingerprint density at radius 2 is 1.21 bits per heavy atom. The lowest BCUT2D eigenvalue weighted by Crippen LogP contribution is -2.44. The number of rotatable bonds is 2. The van der Waals surface area contributed by atoms with Gasteiger partial charge < -0.3 is 0 Å². The number of aryl methyl sites for hydroxylation is 4. The summed E-state index contributed by atoms with van der Waals surface area (Å²) in [5, 5.41) is 30.5. The summed E-state index contributed by atoms with van der Waals surface area (Å²) in [5.74, 6) is 1.76. The Kier molecular flexibility index (Phi) is 3.88. The average Bonchev–Trinajstić information content (AvgIpc) is 4.12. The van der Waals surface area contributed by atoms with Crippen molar-refractivity contribution in [1.29, 1.82) is 0 Å². The number of likely N-dealkylation sites (tertiary alicyclic amines) is 2. The van der Waals surface area contributed by atoms with E-state index in [1.165, 1.54) is 51.5 Å². The second-order valence-electron chi connectivity index (χ2n) is 23.8. The first-order valence-electron chi connectivity index (χ1n) is 24.8. The van der Waals surface area contributed by atoms with Gasteiger partial charge in [-0.2, -0.15) is 0 Å². The highest BCUT2D eigenvalue weighted by Gasteiger charge is 2.64. The molecular formula is C61H40N2. The summed E-state index contributed by atoms with van der Waals surface area (Å²) in [5.41, 5.74) is 25.5. The van der Waals surface area contributed by atoms with Crippen LogP contribution in [0.3, 0.4) is 0 Å². The number of fused-ring (bicyclic) bond motifs is 3. The standard InChI is InChI=1S/C61H40N2/c1-62-20-35-33-16-29-13-30-17-34-42-46-37(30)36(29)45-41(33)54-52-48-44-38-28(15-32-19-61(35,57(54)40(32)44)59(62)27-10-6-23-4-8-25(23)12-27)14-31-18-60(56-39(31)43(38)47(48)51(53(42)56)50(46)49(45)52)21-63(2)58(55(34)60)26-9-5-22-3-7-24(22)11-26/h5-6,9-12,14-15,17,29,35-36,58-59H,3-4,7-8,13,16,18-21H2,1-2H3. The molecule has 0 amide bonds. The molecule has 7 atom stereocenters. The fourth-order valence-electron chi connectivity index (χ4n) is 20.6. The monoisotopic (exact) mass is 800 g/mol. The van der Waals surface area contributed by atoms with Crippen LogP contribution in [0.25, 0.3) is 97.3 Å². The van der Waals surface area contributed by atoms with Crippen LogP contribution >= 0.6 is 0 Å². The molecule has 0 saturated carbocycles. The van der Waals surface area contributed by atoms with Gasteiger partial charge in [0.25, 0.3) is 0 Å². The van der Waals surface area contributed by atoms with Gasteiger partial charge in [-0.3, -0.25) is 9.80 Å². The zero-order valence-corrected chi connectivity index (χ0v) is 35.5. The van der Waals surface area contributed by atoms with Crippen LogP contribution in [0.15, 0.2) is 54.6 Å². The van der Waals surface area contributed by atoms with Gasteiger partial charge in [0.1, 0.15) is 0 Å². The lowest BCUT2D eigenvalue weighted by molar-refractivity contribution is 0.244. The first kappa shape index (κ1) is 29.8. The number of hydrogen-bond acceptors (Lipinski definition) is 2. The summed E-state index contributed by atoms with van der Waals surface area (Å²) >= 11 is 0. The number of benzene rings is 8. The van der Waals surface area contributed by atoms with E-state index in [-0.39, 0.29) is 10.8 Å². The van der Waals surface area contributed by atoms with Crippen molar-refractivity contribution in [2.45, 2.75) is 80.2 Å². The first-order valence-corrected chi connectivity index (χ1v) is 24.8. The third-order valence-electron chi connectivity index (χ3n) is 22.0. The second kappa shape index (κ2) is 8.21. The molecule has 294 valence electrons. The Labute approximate surface area is 362 Å². The van der Waals surface area contributed by atoms with Gasteiger partial charge in [-0.05, 0) is 246 Å². The highest BCUT2D eigenvalue weighted by molar-refractivity contribution is 6.58. The predicted molar refractivity (Wildman–Crippen MR) is 255 cm³/mol. The zero-order valence-electron chi connectivity index (χ0n) is 35.5. The molecule has 2 saturated heterocycles. The molecule has 2 heteroatoms. The molecule has 11 aromatic carbocycles. The number of likely N-dealkylation sites (N-methyl/N-ethyl adjacent to an activating group) is 2. The molecule has 11 aliphatic rings. The van der Waals surface area contributed by atoms with Crippen molar-refractivity contribution in [3.05, 3.63) is 137 Å². The SMILES string of the molecule is CN1CC23Cc4cc5cc6c7c8c9c%10c%11c%12c9c9c7c5c5c4c2c2c4c(cc7c(c4c%12c2c59)C%11C(CC=%10C2CN(C)C(c4ccc5c(c4)CC5)C82C6)C7)=C3C1c1ccc2c(c1)CC2. The van der Waals surface area contributed by atoms with Crippen LogP contribution < -0.4 is 10.4 Å². The molecule has 0 aromatic heterocycles. The Morgan fingerprint density at radius 1 is 0.524 bits per heavy atom.